The molecule has 148 valence electrons. The number of carbonyl (C=O) groups is 2. The molecular formula is C22H25FN2O3. The van der Waals surface area contributed by atoms with E-state index in [1.165, 1.54) is 12.1 Å². The molecule has 0 saturated carbocycles. The predicted molar refractivity (Wildman–Crippen MR) is 105 cm³/mol. The van der Waals surface area contributed by atoms with E-state index in [-0.39, 0.29) is 30.0 Å². The van der Waals surface area contributed by atoms with E-state index in [1.54, 1.807) is 17.0 Å². The number of para-hydroxylation sites is 1. The average molecular weight is 384 g/mol. The minimum absolute atomic E-state index is 0.0119. The molecule has 0 radical (unpaired) electrons. The number of likely N-dealkylation sites (tertiary alicyclic amines) is 1. The SMILES string of the molecule is CCc1ccccc1OCC(=O)NC1CCN(C(=O)c2ccccc2F)CC1. The van der Waals surface area contributed by atoms with Gasteiger partial charge in [0.25, 0.3) is 11.8 Å². The van der Waals surface area contributed by atoms with Crippen molar-refractivity contribution in [3.05, 3.63) is 65.5 Å². The lowest BCUT2D eigenvalue weighted by atomic mass is 10.0. The van der Waals surface area contributed by atoms with Gasteiger partial charge < -0.3 is 15.0 Å². The maximum absolute atomic E-state index is 13.8. The van der Waals surface area contributed by atoms with Gasteiger partial charge in [0.15, 0.2) is 6.61 Å². The van der Waals surface area contributed by atoms with Crippen LogP contribution >= 0.6 is 0 Å². The molecule has 1 N–H and O–H groups in total. The number of carbonyl (C=O) groups excluding carboxylic acids is 2. The van der Waals surface area contributed by atoms with Crippen LogP contribution in [0.25, 0.3) is 0 Å². The molecule has 1 saturated heterocycles. The van der Waals surface area contributed by atoms with Gasteiger partial charge >= 0.3 is 0 Å². The van der Waals surface area contributed by atoms with Crippen molar-refractivity contribution >= 4 is 11.8 Å². The largest absolute Gasteiger partial charge is 0.483 e. The number of amides is 2. The first-order chi connectivity index (χ1) is 13.6. The highest BCUT2D eigenvalue weighted by molar-refractivity contribution is 5.94. The van der Waals surface area contributed by atoms with Gasteiger partial charge in [-0.3, -0.25) is 9.59 Å². The fourth-order valence-corrected chi connectivity index (χ4v) is 3.38. The number of nitrogens with one attached hydrogen (secondary N) is 1. The Morgan fingerprint density at radius 2 is 1.79 bits per heavy atom. The van der Waals surface area contributed by atoms with Gasteiger partial charge in [0.1, 0.15) is 11.6 Å². The number of hydrogen-bond donors (Lipinski definition) is 1. The second-order valence-electron chi connectivity index (χ2n) is 6.86. The third-order valence-electron chi connectivity index (χ3n) is 4.96. The summed E-state index contributed by atoms with van der Waals surface area (Å²) in [5.74, 6) is -0.259. The van der Waals surface area contributed by atoms with Crippen molar-refractivity contribution in [1.82, 2.24) is 10.2 Å². The van der Waals surface area contributed by atoms with Crippen molar-refractivity contribution in [2.24, 2.45) is 0 Å². The summed E-state index contributed by atoms with van der Waals surface area (Å²) in [5.41, 5.74) is 1.16. The van der Waals surface area contributed by atoms with Crippen LogP contribution in [0, 0.1) is 5.82 Å². The first kappa shape index (κ1) is 19.9. The molecule has 0 spiro atoms. The topological polar surface area (TPSA) is 58.6 Å². The monoisotopic (exact) mass is 384 g/mol. The Bertz CT molecular complexity index is 832. The van der Waals surface area contributed by atoms with Crippen molar-refractivity contribution in [3.8, 4) is 5.75 Å². The van der Waals surface area contributed by atoms with E-state index in [0.29, 0.717) is 25.9 Å². The summed E-state index contributed by atoms with van der Waals surface area (Å²) in [7, 11) is 0. The first-order valence-electron chi connectivity index (χ1n) is 9.62. The quantitative estimate of drug-likeness (QED) is 0.832. The first-order valence-corrected chi connectivity index (χ1v) is 9.62. The Morgan fingerprint density at radius 1 is 1.11 bits per heavy atom. The number of piperidine rings is 1. The van der Waals surface area contributed by atoms with E-state index in [1.807, 2.05) is 31.2 Å². The van der Waals surface area contributed by atoms with Crippen LogP contribution in [0.4, 0.5) is 4.39 Å². The van der Waals surface area contributed by atoms with Gasteiger partial charge in [0.2, 0.25) is 0 Å². The lowest BCUT2D eigenvalue weighted by molar-refractivity contribution is -0.124. The molecule has 5 nitrogen and oxygen atoms in total. The molecule has 3 rings (SSSR count). The third-order valence-corrected chi connectivity index (χ3v) is 4.96. The summed E-state index contributed by atoms with van der Waals surface area (Å²) in [6.07, 6.45) is 2.11. The van der Waals surface area contributed by atoms with Gasteiger partial charge in [0.05, 0.1) is 5.56 Å². The second-order valence-corrected chi connectivity index (χ2v) is 6.86. The van der Waals surface area contributed by atoms with E-state index in [0.717, 1.165) is 17.7 Å². The Morgan fingerprint density at radius 3 is 2.50 bits per heavy atom. The molecule has 0 atom stereocenters. The summed E-state index contributed by atoms with van der Waals surface area (Å²) in [5, 5.41) is 2.96. The van der Waals surface area contributed by atoms with E-state index >= 15 is 0 Å². The Balaban J connectivity index is 1.46. The molecule has 1 fully saturated rings. The Labute approximate surface area is 164 Å². The molecule has 1 aliphatic heterocycles. The van der Waals surface area contributed by atoms with Crippen LogP contribution in [-0.4, -0.2) is 42.5 Å². The summed E-state index contributed by atoms with van der Waals surface area (Å²) in [4.78, 5) is 26.3. The van der Waals surface area contributed by atoms with Crippen LogP contribution in [0.5, 0.6) is 5.75 Å². The molecular weight excluding hydrogens is 359 g/mol. The molecule has 0 bridgehead atoms. The van der Waals surface area contributed by atoms with Crippen LogP contribution in [0.2, 0.25) is 0 Å². The van der Waals surface area contributed by atoms with Crippen molar-refractivity contribution in [1.29, 1.82) is 0 Å². The van der Waals surface area contributed by atoms with Crippen LogP contribution in [0.1, 0.15) is 35.7 Å². The van der Waals surface area contributed by atoms with Gasteiger partial charge in [-0.05, 0) is 43.0 Å². The van der Waals surface area contributed by atoms with Crippen LogP contribution in [-0.2, 0) is 11.2 Å². The van der Waals surface area contributed by atoms with Gasteiger partial charge in [-0.15, -0.1) is 0 Å². The summed E-state index contributed by atoms with van der Waals surface area (Å²) in [6, 6.07) is 13.7. The van der Waals surface area contributed by atoms with Crippen molar-refractivity contribution in [2.75, 3.05) is 19.7 Å². The van der Waals surface area contributed by atoms with Crippen LogP contribution in [0.15, 0.2) is 48.5 Å². The lowest BCUT2D eigenvalue weighted by Gasteiger charge is -2.32. The van der Waals surface area contributed by atoms with Gasteiger partial charge in [-0.25, -0.2) is 4.39 Å². The highest BCUT2D eigenvalue weighted by Gasteiger charge is 2.26. The number of ether oxygens (including phenoxy) is 1. The fourth-order valence-electron chi connectivity index (χ4n) is 3.38. The zero-order valence-corrected chi connectivity index (χ0v) is 16.0. The lowest BCUT2D eigenvalue weighted by Crippen LogP contribution is -2.47. The number of rotatable bonds is 6. The molecule has 2 amide bonds. The molecule has 6 heteroatoms. The fraction of sp³-hybridized carbons (Fsp3) is 0.364. The molecule has 0 aliphatic carbocycles. The normalized spacial score (nSPS) is 14.6. The number of nitrogens with zero attached hydrogens (tertiary/aromatic N) is 1. The predicted octanol–water partition coefficient (Wildman–Crippen LogP) is 3.19. The van der Waals surface area contributed by atoms with E-state index in [4.69, 9.17) is 4.74 Å². The minimum atomic E-state index is -0.507. The summed E-state index contributed by atoms with van der Waals surface area (Å²) < 4.78 is 19.4. The number of hydrogen-bond acceptors (Lipinski definition) is 3. The maximum Gasteiger partial charge on any atom is 0.258 e. The summed E-state index contributed by atoms with van der Waals surface area (Å²) in [6.45, 7) is 2.97. The second kappa shape index (κ2) is 9.35. The maximum atomic E-state index is 13.8. The smallest absolute Gasteiger partial charge is 0.258 e. The van der Waals surface area contributed by atoms with E-state index in [2.05, 4.69) is 5.32 Å². The van der Waals surface area contributed by atoms with E-state index < -0.39 is 5.82 Å². The van der Waals surface area contributed by atoms with Gasteiger partial charge in [0, 0.05) is 19.1 Å². The zero-order valence-electron chi connectivity index (χ0n) is 16.0. The molecule has 0 unspecified atom stereocenters. The third kappa shape index (κ3) is 4.88. The highest BCUT2D eigenvalue weighted by Crippen LogP contribution is 2.19. The molecule has 2 aromatic rings. The molecule has 28 heavy (non-hydrogen) atoms. The standard InChI is InChI=1S/C22H25FN2O3/c1-2-16-7-3-6-10-20(16)28-15-21(26)24-17-11-13-25(14-12-17)22(27)18-8-4-5-9-19(18)23/h3-10,17H,2,11-15H2,1H3,(H,24,26). The molecule has 1 aliphatic rings. The van der Waals surface area contributed by atoms with Crippen molar-refractivity contribution in [3.63, 3.8) is 0 Å². The van der Waals surface area contributed by atoms with Gasteiger partial charge in [-0.1, -0.05) is 37.3 Å². The van der Waals surface area contributed by atoms with Crippen molar-refractivity contribution < 1.29 is 18.7 Å². The average Bonchev–Trinajstić information content (AvgIpc) is 2.73. The number of halogens is 1. The van der Waals surface area contributed by atoms with E-state index in [9.17, 15) is 14.0 Å². The molecule has 1 heterocycles. The number of benzene rings is 2. The van der Waals surface area contributed by atoms with Crippen molar-refractivity contribution in [2.45, 2.75) is 32.2 Å². The van der Waals surface area contributed by atoms with Crippen LogP contribution in [0.3, 0.4) is 0 Å². The Kier molecular flexibility index (Phi) is 6.63. The zero-order chi connectivity index (χ0) is 19.9. The minimum Gasteiger partial charge on any atom is -0.483 e. The number of aryl methyl sites for hydroxylation is 1. The molecule has 2 aromatic carbocycles. The highest BCUT2D eigenvalue weighted by atomic mass is 19.1. The van der Waals surface area contributed by atoms with Gasteiger partial charge in [-0.2, -0.15) is 0 Å². The summed E-state index contributed by atoms with van der Waals surface area (Å²) >= 11 is 0. The van der Waals surface area contributed by atoms with Crippen LogP contribution < -0.4 is 10.1 Å². The molecule has 0 aromatic heterocycles. The Hall–Kier alpha value is -2.89.